The summed E-state index contributed by atoms with van der Waals surface area (Å²) in [6, 6.07) is 0. The fraction of sp³-hybridized carbons (Fsp3) is 0.923. The van der Waals surface area contributed by atoms with E-state index in [0.29, 0.717) is 22.8 Å². The first kappa shape index (κ1) is 14.8. The van der Waals surface area contributed by atoms with E-state index in [1.54, 1.807) is 11.8 Å². The molecule has 1 saturated carbocycles. The highest BCUT2D eigenvalue weighted by atomic mass is 32.2. The monoisotopic (exact) mass is 259 g/mol. The predicted molar refractivity (Wildman–Crippen MR) is 73.1 cm³/mol. The third kappa shape index (κ3) is 5.77. The minimum atomic E-state index is 0.131. The second-order valence-electron chi connectivity index (χ2n) is 5.15. The second-order valence-corrected chi connectivity index (χ2v) is 6.72. The zero-order valence-electron chi connectivity index (χ0n) is 10.9. The minimum absolute atomic E-state index is 0.131. The Balaban J connectivity index is 2.21. The molecular formula is C13H25NO2S. The highest BCUT2D eigenvalue weighted by molar-refractivity contribution is 8.00. The molecule has 0 spiro atoms. The Bertz CT molecular complexity index is 233. The van der Waals surface area contributed by atoms with E-state index in [-0.39, 0.29) is 12.5 Å². The Morgan fingerprint density at radius 3 is 2.59 bits per heavy atom. The van der Waals surface area contributed by atoms with Crippen molar-refractivity contribution in [2.45, 2.75) is 44.8 Å². The topological polar surface area (TPSA) is 49.3 Å². The molecule has 4 heteroatoms. The van der Waals surface area contributed by atoms with Crippen molar-refractivity contribution in [3.05, 3.63) is 0 Å². The third-order valence-electron chi connectivity index (χ3n) is 3.41. The normalized spacial score (nSPS) is 24.9. The second kappa shape index (κ2) is 7.98. The molecule has 0 saturated heterocycles. The zero-order valence-corrected chi connectivity index (χ0v) is 11.8. The lowest BCUT2D eigenvalue weighted by Gasteiger charge is -2.30. The number of nitrogens with one attached hydrogen (secondary N) is 1. The molecule has 100 valence electrons. The van der Waals surface area contributed by atoms with Gasteiger partial charge in [-0.05, 0) is 29.9 Å². The van der Waals surface area contributed by atoms with Crippen LogP contribution in [0.2, 0.25) is 0 Å². The molecule has 2 unspecified atom stereocenters. The number of thioether (sulfide) groups is 1. The minimum Gasteiger partial charge on any atom is -0.396 e. The van der Waals surface area contributed by atoms with Gasteiger partial charge >= 0.3 is 0 Å². The van der Waals surface area contributed by atoms with Gasteiger partial charge in [0.2, 0.25) is 5.91 Å². The smallest absolute Gasteiger partial charge is 0.230 e. The van der Waals surface area contributed by atoms with Crippen molar-refractivity contribution in [1.29, 1.82) is 0 Å². The van der Waals surface area contributed by atoms with Crippen LogP contribution >= 0.6 is 11.8 Å². The van der Waals surface area contributed by atoms with Crippen molar-refractivity contribution < 1.29 is 9.90 Å². The molecule has 2 atom stereocenters. The van der Waals surface area contributed by atoms with Gasteiger partial charge in [-0.3, -0.25) is 4.79 Å². The molecule has 1 aliphatic rings. The van der Waals surface area contributed by atoms with Crippen molar-refractivity contribution >= 4 is 17.7 Å². The van der Waals surface area contributed by atoms with Crippen LogP contribution in [0.4, 0.5) is 0 Å². The maximum absolute atomic E-state index is 11.6. The summed E-state index contributed by atoms with van der Waals surface area (Å²) in [6.07, 6.45) is 4.71. The van der Waals surface area contributed by atoms with Crippen LogP contribution in [-0.4, -0.2) is 35.2 Å². The maximum atomic E-state index is 11.6. The van der Waals surface area contributed by atoms with E-state index in [1.807, 2.05) is 0 Å². The van der Waals surface area contributed by atoms with Gasteiger partial charge in [0.1, 0.15) is 0 Å². The Kier molecular flexibility index (Phi) is 6.97. The molecule has 0 aromatic carbocycles. The van der Waals surface area contributed by atoms with Crippen LogP contribution in [0.3, 0.4) is 0 Å². The fourth-order valence-electron chi connectivity index (χ4n) is 2.33. The van der Waals surface area contributed by atoms with E-state index in [1.165, 1.54) is 12.8 Å². The summed E-state index contributed by atoms with van der Waals surface area (Å²) in [4.78, 5) is 11.6. The number of aliphatic hydroxyl groups is 1. The molecule has 1 aliphatic carbocycles. The molecule has 2 N–H and O–H groups in total. The number of carbonyl (C=O) groups excluding carboxylic acids is 1. The molecule has 0 heterocycles. The van der Waals surface area contributed by atoms with E-state index >= 15 is 0 Å². The molecule has 1 rings (SSSR count). The molecular weight excluding hydrogens is 234 g/mol. The standard InChI is InChI=1S/C13H25NO2S/c1-10(2)17-9-13(16)14-7-11-5-3-4-6-12(11)8-15/h10-12,15H,3-9H2,1-2H3,(H,14,16). The SMILES string of the molecule is CC(C)SCC(=O)NCC1CCCCC1CO. The number of amides is 1. The van der Waals surface area contributed by atoms with Crippen LogP contribution in [0, 0.1) is 11.8 Å². The zero-order chi connectivity index (χ0) is 12.7. The van der Waals surface area contributed by atoms with Crippen LogP contribution in [0.1, 0.15) is 39.5 Å². The van der Waals surface area contributed by atoms with Gasteiger partial charge in [-0.2, -0.15) is 0 Å². The van der Waals surface area contributed by atoms with Crippen LogP contribution in [0.25, 0.3) is 0 Å². The summed E-state index contributed by atoms with van der Waals surface area (Å²) in [6.45, 7) is 5.20. The molecule has 0 aromatic heterocycles. The highest BCUT2D eigenvalue weighted by Gasteiger charge is 2.24. The van der Waals surface area contributed by atoms with Gasteiger partial charge in [-0.1, -0.05) is 26.7 Å². The van der Waals surface area contributed by atoms with Crippen molar-refractivity contribution in [3.63, 3.8) is 0 Å². The van der Waals surface area contributed by atoms with Crippen molar-refractivity contribution in [2.75, 3.05) is 18.9 Å². The molecule has 3 nitrogen and oxygen atoms in total. The number of hydrogen-bond donors (Lipinski definition) is 2. The first-order valence-electron chi connectivity index (χ1n) is 6.62. The molecule has 1 amide bonds. The van der Waals surface area contributed by atoms with E-state index in [9.17, 15) is 9.90 Å². The summed E-state index contributed by atoms with van der Waals surface area (Å²) in [5.74, 6) is 1.54. The molecule has 17 heavy (non-hydrogen) atoms. The summed E-state index contributed by atoms with van der Waals surface area (Å²) < 4.78 is 0. The summed E-state index contributed by atoms with van der Waals surface area (Å²) in [5, 5.41) is 12.8. The first-order chi connectivity index (χ1) is 8.13. The lowest BCUT2D eigenvalue weighted by molar-refractivity contribution is -0.118. The summed E-state index contributed by atoms with van der Waals surface area (Å²) >= 11 is 1.67. The summed E-state index contributed by atoms with van der Waals surface area (Å²) in [7, 11) is 0. The van der Waals surface area contributed by atoms with Crippen molar-refractivity contribution in [3.8, 4) is 0 Å². The molecule has 1 fully saturated rings. The van der Waals surface area contributed by atoms with E-state index in [0.717, 1.165) is 19.4 Å². The maximum Gasteiger partial charge on any atom is 0.230 e. The molecule has 0 radical (unpaired) electrons. The van der Waals surface area contributed by atoms with Gasteiger partial charge < -0.3 is 10.4 Å². The van der Waals surface area contributed by atoms with Crippen molar-refractivity contribution in [1.82, 2.24) is 5.32 Å². The van der Waals surface area contributed by atoms with Gasteiger partial charge in [-0.15, -0.1) is 11.8 Å². The van der Waals surface area contributed by atoms with Crippen LogP contribution in [0.5, 0.6) is 0 Å². The fourth-order valence-corrected chi connectivity index (χ4v) is 2.92. The molecule has 0 aliphatic heterocycles. The Morgan fingerprint density at radius 1 is 1.35 bits per heavy atom. The summed E-state index contributed by atoms with van der Waals surface area (Å²) in [5.41, 5.74) is 0. The average Bonchev–Trinajstić information content (AvgIpc) is 2.34. The van der Waals surface area contributed by atoms with Crippen LogP contribution in [0.15, 0.2) is 0 Å². The van der Waals surface area contributed by atoms with E-state index < -0.39 is 0 Å². The lowest BCUT2D eigenvalue weighted by Crippen LogP contribution is -2.36. The van der Waals surface area contributed by atoms with Gasteiger partial charge in [-0.25, -0.2) is 0 Å². The number of carbonyl (C=O) groups is 1. The Labute approximate surface area is 109 Å². The van der Waals surface area contributed by atoms with Gasteiger partial charge in [0, 0.05) is 13.2 Å². The molecule has 0 bridgehead atoms. The van der Waals surface area contributed by atoms with Gasteiger partial charge in [0.05, 0.1) is 5.75 Å². The third-order valence-corrected chi connectivity index (χ3v) is 4.51. The predicted octanol–water partition coefficient (Wildman–Crippen LogP) is 2.04. The van der Waals surface area contributed by atoms with E-state index in [4.69, 9.17) is 0 Å². The molecule has 0 aromatic rings. The highest BCUT2D eigenvalue weighted by Crippen LogP contribution is 2.29. The Hall–Kier alpha value is -0.220. The lowest BCUT2D eigenvalue weighted by atomic mass is 9.79. The number of rotatable bonds is 6. The first-order valence-corrected chi connectivity index (χ1v) is 7.67. The Morgan fingerprint density at radius 2 is 2.00 bits per heavy atom. The van der Waals surface area contributed by atoms with Gasteiger partial charge in [0.25, 0.3) is 0 Å². The van der Waals surface area contributed by atoms with Crippen molar-refractivity contribution in [2.24, 2.45) is 11.8 Å². The van der Waals surface area contributed by atoms with Crippen LogP contribution in [-0.2, 0) is 4.79 Å². The van der Waals surface area contributed by atoms with Gasteiger partial charge in [0.15, 0.2) is 0 Å². The van der Waals surface area contributed by atoms with E-state index in [2.05, 4.69) is 19.2 Å². The van der Waals surface area contributed by atoms with Crippen LogP contribution < -0.4 is 5.32 Å². The largest absolute Gasteiger partial charge is 0.396 e. The number of hydrogen-bond acceptors (Lipinski definition) is 3. The average molecular weight is 259 g/mol. The quantitative estimate of drug-likeness (QED) is 0.767. The number of aliphatic hydroxyl groups excluding tert-OH is 1.